The molecule has 19 heavy (non-hydrogen) atoms. The predicted molar refractivity (Wildman–Crippen MR) is 69.0 cm³/mol. The molecular weight excluding hydrogens is 246 g/mol. The standard InChI is InChI=1S/C13H21N3O3/c1-8-4-12(2,3)7-13(5-8)10(18)16(6-9(14)17)11(19)15-13/h8H,4-7H2,1-3H3,(H2,14,17)(H,15,19)/t8-,13-/m0/s1. The lowest BCUT2D eigenvalue weighted by molar-refractivity contribution is -0.137. The van der Waals surface area contributed by atoms with Crippen LogP contribution in [0.5, 0.6) is 0 Å². The first-order valence-electron chi connectivity index (χ1n) is 6.58. The monoisotopic (exact) mass is 267 g/mol. The number of nitrogens with zero attached hydrogens (tertiary/aromatic N) is 1. The van der Waals surface area contributed by atoms with E-state index in [2.05, 4.69) is 26.1 Å². The molecule has 0 aromatic rings. The molecule has 0 unspecified atom stereocenters. The van der Waals surface area contributed by atoms with Crippen LogP contribution in [0, 0.1) is 11.3 Å². The molecule has 2 fully saturated rings. The normalized spacial score (nSPS) is 33.6. The summed E-state index contributed by atoms with van der Waals surface area (Å²) in [5, 5.41) is 2.79. The molecule has 0 bridgehead atoms. The van der Waals surface area contributed by atoms with Crippen molar-refractivity contribution in [2.24, 2.45) is 17.1 Å². The molecule has 0 aromatic carbocycles. The lowest BCUT2D eigenvalue weighted by atomic mass is 9.64. The molecule has 1 saturated heterocycles. The number of urea groups is 1. The number of hydrogen-bond donors (Lipinski definition) is 2. The van der Waals surface area contributed by atoms with Crippen molar-refractivity contribution in [1.82, 2.24) is 10.2 Å². The SMILES string of the molecule is C[C@H]1CC(C)(C)C[C@]2(C1)NC(=O)N(CC(N)=O)C2=O. The van der Waals surface area contributed by atoms with E-state index < -0.39 is 17.5 Å². The topological polar surface area (TPSA) is 92.5 Å². The minimum absolute atomic E-state index is 0.0106. The molecule has 3 N–H and O–H groups in total. The summed E-state index contributed by atoms with van der Waals surface area (Å²) in [7, 11) is 0. The third kappa shape index (κ3) is 2.43. The van der Waals surface area contributed by atoms with Crippen LogP contribution in [-0.4, -0.2) is 34.8 Å². The summed E-state index contributed by atoms with van der Waals surface area (Å²) in [6, 6.07) is -0.506. The Morgan fingerprint density at radius 2 is 2.05 bits per heavy atom. The molecular formula is C13H21N3O3. The van der Waals surface area contributed by atoms with E-state index in [9.17, 15) is 14.4 Å². The highest BCUT2D eigenvalue weighted by molar-refractivity contribution is 6.09. The van der Waals surface area contributed by atoms with Crippen molar-refractivity contribution in [3.63, 3.8) is 0 Å². The molecule has 2 rings (SSSR count). The van der Waals surface area contributed by atoms with Crippen LogP contribution < -0.4 is 11.1 Å². The van der Waals surface area contributed by atoms with Gasteiger partial charge in [-0.2, -0.15) is 0 Å². The molecule has 0 aromatic heterocycles. The van der Waals surface area contributed by atoms with E-state index >= 15 is 0 Å². The van der Waals surface area contributed by atoms with Gasteiger partial charge in [0.05, 0.1) is 0 Å². The maximum absolute atomic E-state index is 12.5. The summed E-state index contributed by atoms with van der Waals surface area (Å²) in [5.41, 5.74) is 4.22. The summed E-state index contributed by atoms with van der Waals surface area (Å²) >= 11 is 0. The lowest BCUT2D eigenvalue weighted by Crippen LogP contribution is -2.54. The van der Waals surface area contributed by atoms with Gasteiger partial charge in [-0.1, -0.05) is 20.8 Å². The zero-order chi connectivity index (χ0) is 14.4. The number of carbonyl (C=O) groups excluding carboxylic acids is 3. The van der Waals surface area contributed by atoms with Crippen molar-refractivity contribution >= 4 is 17.8 Å². The van der Waals surface area contributed by atoms with Gasteiger partial charge in [0.25, 0.3) is 5.91 Å². The van der Waals surface area contributed by atoms with Crippen LogP contribution in [0.15, 0.2) is 0 Å². The van der Waals surface area contributed by atoms with Gasteiger partial charge in [0.15, 0.2) is 0 Å². The van der Waals surface area contributed by atoms with Crippen molar-refractivity contribution < 1.29 is 14.4 Å². The quantitative estimate of drug-likeness (QED) is 0.718. The van der Waals surface area contributed by atoms with Crippen LogP contribution in [0.3, 0.4) is 0 Å². The maximum atomic E-state index is 12.5. The number of imide groups is 1. The van der Waals surface area contributed by atoms with Crippen LogP contribution in [0.4, 0.5) is 4.79 Å². The predicted octanol–water partition coefficient (Wildman–Crippen LogP) is 0.609. The lowest BCUT2D eigenvalue weighted by Gasteiger charge is -2.43. The fourth-order valence-electron chi connectivity index (χ4n) is 3.81. The highest BCUT2D eigenvalue weighted by Crippen LogP contribution is 2.46. The van der Waals surface area contributed by atoms with Crippen LogP contribution in [0.2, 0.25) is 0 Å². The Kier molecular flexibility index (Phi) is 3.07. The second-order valence-corrected chi connectivity index (χ2v) is 6.72. The Hall–Kier alpha value is -1.59. The van der Waals surface area contributed by atoms with Gasteiger partial charge in [-0.3, -0.25) is 14.5 Å². The van der Waals surface area contributed by atoms with Crippen LogP contribution in [0.25, 0.3) is 0 Å². The number of nitrogens with one attached hydrogen (secondary N) is 1. The van der Waals surface area contributed by atoms with Gasteiger partial charge in [-0.05, 0) is 30.6 Å². The number of amides is 4. The Balaban J connectivity index is 2.28. The number of rotatable bonds is 2. The molecule has 6 heteroatoms. The summed E-state index contributed by atoms with van der Waals surface area (Å²) in [6.45, 7) is 5.93. The van der Waals surface area contributed by atoms with Crippen molar-refractivity contribution in [1.29, 1.82) is 0 Å². The van der Waals surface area contributed by atoms with Crippen LogP contribution in [0.1, 0.15) is 40.0 Å². The third-order valence-corrected chi connectivity index (χ3v) is 3.94. The van der Waals surface area contributed by atoms with Crippen LogP contribution >= 0.6 is 0 Å². The first-order chi connectivity index (χ1) is 8.65. The molecule has 106 valence electrons. The molecule has 1 aliphatic heterocycles. The smallest absolute Gasteiger partial charge is 0.325 e. The van der Waals surface area contributed by atoms with Crippen molar-refractivity contribution in [2.75, 3.05) is 6.54 Å². The van der Waals surface area contributed by atoms with Crippen molar-refractivity contribution in [2.45, 2.75) is 45.6 Å². The molecule has 1 spiro atoms. The third-order valence-electron chi connectivity index (χ3n) is 3.94. The summed E-state index contributed by atoms with van der Waals surface area (Å²) in [5.74, 6) is -0.638. The zero-order valence-electron chi connectivity index (χ0n) is 11.7. The van der Waals surface area contributed by atoms with Crippen molar-refractivity contribution in [3.8, 4) is 0 Å². The van der Waals surface area contributed by atoms with E-state index in [4.69, 9.17) is 5.73 Å². The zero-order valence-corrected chi connectivity index (χ0v) is 11.7. The van der Waals surface area contributed by atoms with E-state index in [1.165, 1.54) is 0 Å². The highest BCUT2D eigenvalue weighted by atomic mass is 16.2. The Bertz CT molecular complexity index is 446. The molecule has 4 amide bonds. The van der Waals surface area contributed by atoms with Gasteiger partial charge in [-0.15, -0.1) is 0 Å². The van der Waals surface area contributed by atoms with Gasteiger partial charge in [0.1, 0.15) is 12.1 Å². The van der Waals surface area contributed by atoms with Gasteiger partial charge >= 0.3 is 6.03 Å². The number of carbonyl (C=O) groups is 3. The van der Waals surface area contributed by atoms with Gasteiger partial charge < -0.3 is 11.1 Å². The first kappa shape index (κ1) is 13.8. The minimum Gasteiger partial charge on any atom is -0.368 e. The molecule has 2 atom stereocenters. The van der Waals surface area contributed by atoms with Crippen LogP contribution in [-0.2, 0) is 9.59 Å². The first-order valence-corrected chi connectivity index (χ1v) is 6.58. The van der Waals surface area contributed by atoms with E-state index in [-0.39, 0.29) is 17.9 Å². The van der Waals surface area contributed by atoms with E-state index in [1.54, 1.807) is 0 Å². The largest absolute Gasteiger partial charge is 0.368 e. The van der Waals surface area contributed by atoms with Gasteiger partial charge in [0.2, 0.25) is 5.91 Å². The Morgan fingerprint density at radius 3 is 2.58 bits per heavy atom. The highest BCUT2D eigenvalue weighted by Gasteiger charge is 2.56. The number of primary amides is 1. The molecule has 2 aliphatic rings. The second-order valence-electron chi connectivity index (χ2n) is 6.72. The average molecular weight is 267 g/mol. The second kappa shape index (κ2) is 4.21. The molecule has 1 saturated carbocycles. The van der Waals surface area contributed by atoms with E-state index in [1.807, 2.05) is 0 Å². The van der Waals surface area contributed by atoms with Gasteiger partial charge in [0, 0.05) is 0 Å². The molecule has 1 heterocycles. The minimum atomic E-state index is -0.853. The number of hydrogen-bond acceptors (Lipinski definition) is 3. The molecule has 0 radical (unpaired) electrons. The molecule has 6 nitrogen and oxygen atoms in total. The van der Waals surface area contributed by atoms with Gasteiger partial charge in [-0.25, -0.2) is 4.79 Å². The average Bonchev–Trinajstić information content (AvgIpc) is 2.38. The fourth-order valence-corrected chi connectivity index (χ4v) is 3.81. The Morgan fingerprint density at radius 1 is 1.42 bits per heavy atom. The summed E-state index contributed by atoms with van der Waals surface area (Å²) < 4.78 is 0. The van der Waals surface area contributed by atoms with E-state index in [0.29, 0.717) is 18.8 Å². The summed E-state index contributed by atoms with van der Waals surface area (Å²) in [4.78, 5) is 36.3. The fraction of sp³-hybridized carbons (Fsp3) is 0.769. The molecule has 1 aliphatic carbocycles. The Labute approximate surface area is 112 Å². The number of nitrogens with two attached hydrogens (primary N) is 1. The van der Waals surface area contributed by atoms with E-state index in [0.717, 1.165) is 11.3 Å². The maximum Gasteiger partial charge on any atom is 0.325 e. The van der Waals surface area contributed by atoms with Crippen molar-refractivity contribution in [3.05, 3.63) is 0 Å². The summed E-state index contributed by atoms with van der Waals surface area (Å²) in [6.07, 6.45) is 2.24.